The van der Waals surface area contributed by atoms with E-state index in [1.807, 2.05) is 26.0 Å². The molecule has 1 aliphatic rings. The molecule has 0 bridgehead atoms. The number of alkyl halides is 1. The van der Waals surface area contributed by atoms with Crippen molar-refractivity contribution in [3.63, 3.8) is 0 Å². The molecule has 146 valence electrons. The molecule has 1 saturated heterocycles. The molecule has 27 heavy (non-hydrogen) atoms. The van der Waals surface area contributed by atoms with Crippen LogP contribution in [0.15, 0.2) is 30.3 Å². The van der Waals surface area contributed by atoms with Crippen LogP contribution in [0.1, 0.15) is 37.6 Å². The van der Waals surface area contributed by atoms with Crippen molar-refractivity contribution in [2.45, 2.75) is 33.4 Å². The van der Waals surface area contributed by atoms with E-state index in [-0.39, 0.29) is 5.82 Å². The van der Waals surface area contributed by atoms with Crippen LogP contribution in [0.2, 0.25) is 5.02 Å². The number of hydrogen-bond acceptors (Lipinski definition) is 2. The Labute approximate surface area is 165 Å². The van der Waals surface area contributed by atoms with Crippen molar-refractivity contribution in [2.24, 2.45) is 0 Å². The fourth-order valence-electron chi connectivity index (χ4n) is 3.71. The largest absolute Gasteiger partial charge is 0.369 e. The molecule has 0 saturated carbocycles. The average molecular weight is 393 g/mol. The van der Waals surface area contributed by atoms with E-state index in [2.05, 4.69) is 16.7 Å². The van der Waals surface area contributed by atoms with E-state index in [1.165, 1.54) is 12.1 Å². The maximum Gasteiger partial charge on any atom is 0.126 e. The molecular weight excluding hydrogens is 366 g/mol. The van der Waals surface area contributed by atoms with Gasteiger partial charge in [-0.1, -0.05) is 31.5 Å². The molecule has 2 aromatic rings. The van der Waals surface area contributed by atoms with Crippen LogP contribution in [0.25, 0.3) is 11.1 Å². The second-order valence-corrected chi connectivity index (χ2v) is 7.53. The van der Waals surface area contributed by atoms with Crippen LogP contribution in [0.3, 0.4) is 0 Å². The van der Waals surface area contributed by atoms with Crippen molar-refractivity contribution >= 4 is 17.3 Å². The fourth-order valence-corrected chi connectivity index (χ4v) is 4.04. The fraction of sp³-hybridized carbons (Fsp3) is 0.455. The monoisotopic (exact) mass is 392 g/mol. The first kappa shape index (κ1) is 20.1. The van der Waals surface area contributed by atoms with Crippen molar-refractivity contribution < 1.29 is 8.78 Å². The number of piperazine rings is 1. The van der Waals surface area contributed by atoms with Gasteiger partial charge < -0.3 is 9.80 Å². The van der Waals surface area contributed by atoms with Crippen LogP contribution in [0, 0.1) is 12.7 Å². The van der Waals surface area contributed by atoms with E-state index in [4.69, 9.17) is 11.6 Å². The highest BCUT2D eigenvalue weighted by molar-refractivity contribution is 6.34. The zero-order chi connectivity index (χ0) is 19.6. The molecule has 1 atom stereocenters. The smallest absolute Gasteiger partial charge is 0.126 e. The van der Waals surface area contributed by atoms with Gasteiger partial charge in [0.25, 0.3) is 0 Å². The van der Waals surface area contributed by atoms with Crippen molar-refractivity contribution in [2.75, 3.05) is 37.6 Å². The predicted molar refractivity (Wildman–Crippen MR) is 110 cm³/mol. The molecule has 1 heterocycles. The molecule has 0 spiro atoms. The summed E-state index contributed by atoms with van der Waals surface area (Å²) < 4.78 is 28.2. The summed E-state index contributed by atoms with van der Waals surface area (Å²) in [5.41, 5.74) is 3.92. The summed E-state index contributed by atoms with van der Waals surface area (Å²) in [5, 5.41) is 0.426. The van der Waals surface area contributed by atoms with Crippen LogP contribution >= 0.6 is 11.6 Å². The molecule has 3 rings (SSSR count). The van der Waals surface area contributed by atoms with Gasteiger partial charge in [0.2, 0.25) is 0 Å². The Hall–Kier alpha value is -1.65. The lowest BCUT2D eigenvalue weighted by atomic mass is 9.95. The minimum absolute atomic E-state index is 0.281. The van der Waals surface area contributed by atoms with Gasteiger partial charge in [-0.05, 0) is 55.3 Å². The normalized spacial score (nSPS) is 16.6. The summed E-state index contributed by atoms with van der Waals surface area (Å²) in [6, 6.07) is 8.56. The first-order valence-electron chi connectivity index (χ1n) is 9.65. The first-order valence-corrected chi connectivity index (χ1v) is 10.0. The third kappa shape index (κ3) is 4.27. The molecule has 2 nitrogen and oxygen atoms in total. The number of anilines is 1. The molecule has 1 fully saturated rings. The lowest BCUT2D eigenvalue weighted by Crippen LogP contribution is -2.46. The third-order valence-electron chi connectivity index (χ3n) is 5.44. The molecular formula is C22H27ClF2N2. The van der Waals surface area contributed by atoms with E-state index >= 15 is 0 Å². The highest BCUT2D eigenvalue weighted by Crippen LogP contribution is 2.41. The number of likely N-dealkylation sites (N-methyl/N-ethyl adjacent to an activating group) is 1. The van der Waals surface area contributed by atoms with Crippen molar-refractivity contribution in [3.05, 3.63) is 52.3 Å². The standard InChI is InChI=1S/C22H27ClF2N2/c1-4-21(25)20-14-17(27-10-8-26(5-2)9-11-27)13-19(22(20)23)18-7-6-16(24)12-15(18)3/h6-7,12-14,21H,4-5,8-11H2,1-3H3/t21-/m1/s1. The highest BCUT2D eigenvalue weighted by Gasteiger charge is 2.22. The Morgan fingerprint density at radius 2 is 1.74 bits per heavy atom. The van der Waals surface area contributed by atoms with E-state index < -0.39 is 6.17 Å². The lowest BCUT2D eigenvalue weighted by molar-refractivity contribution is 0.271. The van der Waals surface area contributed by atoms with Gasteiger partial charge in [0, 0.05) is 43.0 Å². The van der Waals surface area contributed by atoms with Gasteiger partial charge in [-0.25, -0.2) is 8.78 Å². The Kier molecular flexibility index (Phi) is 6.38. The quantitative estimate of drug-likeness (QED) is 0.614. The molecule has 1 aliphatic heterocycles. The van der Waals surface area contributed by atoms with E-state index in [0.29, 0.717) is 17.0 Å². The van der Waals surface area contributed by atoms with Gasteiger partial charge in [-0.2, -0.15) is 0 Å². The van der Waals surface area contributed by atoms with Crippen LogP contribution in [-0.4, -0.2) is 37.6 Å². The minimum atomic E-state index is -1.12. The second kappa shape index (κ2) is 8.57. The van der Waals surface area contributed by atoms with Gasteiger partial charge in [-0.15, -0.1) is 0 Å². The summed E-state index contributed by atoms with van der Waals surface area (Å²) in [5.74, 6) is -0.281. The van der Waals surface area contributed by atoms with Crippen molar-refractivity contribution in [1.82, 2.24) is 4.90 Å². The molecule has 0 radical (unpaired) electrons. The molecule has 0 aliphatic carbocycles. The van der Waals surface area contributed by atoms with E-state index in [0.717, 1.165) is 55.1 Å². The Morgan fingerprint density at radius 3 is 2.33 bits per heavy atom. The molecule has 0 aromatic heterocycles. The van der Waals surface area contributed by atoms with Gasteiger partial charge in [0.15, 0.2) is 0 Å². The summed E-state index contributed by atoms with van der Waals surface area (Å²) in [6.45, 7) is 10.7. The summed E-state index contributed by atoms with van der Waals surface area (Å²) in [4.78, 5) is 4.69. The highest BCUT2D eigenvalue weighted by atomic mass is 35.5. The number of nitrogens with zero attached hydrogens (tertiary/aromatic N) is 2. The molecule has 0 unspecified atom stereocenters. The van der Waals surface area contributed by atoms with Crippen molar-refractivity contribution in [3.8, 4) is 11.1 Å². The SMILES string of the molecule is CC[C@@H](F)c1cc(N2CCN(CC)CC2)cc(-c2ccc(F)cc2C)c1Cl. The van der Waals surface area contributed by atoms with Crippen LogP contribution < -0.4 is 4.90 Å². The Bertz CT molecular complexity index is 801. The molecule has 0 N–H and O–H groups in total. The van der Waals surface area contributed by atoms with Gasteiger partial charge in [0.05, 0.1) is 5.02 Å². The number of aryl methyl sites for hydroxylation is 1. The predicted octanol–water partition coefficient (Wildman–Crippen LogP) is 6.02. The number of benzene rings is 2. The van der Waals surface area contributed by atoms with E-state index in [9.17, 15) is 8.78 Å². The Morgan fingerprint density at radius 1 is 1.04 bits per heavy atom. The van der Waals surface area contributed by atoms with Gasteiger partial charge in [-0.3, -0.25) is 0 Å². The Balaban J connectivity index is 2.07. The lowest BCUT2D eigenvalue weighted by Gasteiger charge is -2.36. The van der Waals surface area contributed by atoms with E-state index in [1.54, 1.807) is 6.07 Å². The zero-order valence-corrected chi connectivity index (χ0v) is 17.0. The maximum atomic E-state index is 14.7. The average Bonchev–Trinajstić information content (AvgIpc) is 2.68. The number of rotatable bonds is 5. The molecule has 0 amide bonds. The minimum Gasteiger partial charge on any atom is -0.369 e. The topological polar surface area (TPSA) is 6.48 Å². The first-order chi connectivity index (χ1) is 12.9. The maximum absolute atomic E-state index is 14.7. The zero-order valence-electron chi connectivity index (χ0n) is 16.2. The number of halogens is 3. The summed E-state index contributed by atoms with van der Waals surface area (Å²) >= 11 is 6.62. The van der Waals surface area contributed by atoms with Crippen LogP contribution in [0.4, 0.5) is 14.5 Å². The van der Waals surface area contributed by atoms with Crippen LogP contribution in [0.5, 0.6) is 0 Å². The van der Waals surface area contributed by atoms with Crippen LogP contribution in [-0.2, 0) is 0 Å². The summed E-state index contributed by atoms with van der Waals surface area (Å²) in [7, 11) is 0. The molecule has 2 aromatic carbocycles. The summed E-state index contributed by atoms with van der Waals surface area (Å²) in [6.07, 6.45) is -0.747. The molecule has 5 heteroatoms. The van der Waals surface area contributed by atoms with Crippen molar-refractivity contribution in [1.29, 1.82) is 0 Å². The number of hydrogen-bond donors (Lipinski definition) is 0. The van der Waals surface area contributed by atoms with Gasteiger partial charge in [0.1, 0.15) is 12.0 Å². The second-order valence-electron chi connectivity index (χ2n) is 7.15. The third-order valence-corrected chi connectivity index (χ3v) is 5.87. The van der Waals surface area contributed by atoms with Gasteiger partial charge >= 0.3 is 0 Å².